The van der Waals surface area contributed by atoms with Gasteiger partial charge in [-0.1, -0.05) is 30.3 Å². The smallest absolute Gasteiger partial charge is 0.254 e. The van der Waals surface area contributed by atoms with Gasteiger partial charge in [-0.05, 0) is 24.8 Å². The summed E-state index contributed by atoms with van der Waals surface area (Å²) in [4.78, 5) is 29.6. The summed E-state index contributed by atoms with van der Waals surface area (Å²) < 4.78 is 17.0. The van der Waals surface area contributed by atoms with Crippen LogP contribution in [-0.4, -0.2) is 52.3 Å². The maximum absolute atomic E-state index is 15.6. The molecule has 2 aromatic rings. The quantitative estimate of drug-likeness (QED) is 0.666. The summed E-state index contributed by atoms with van der Waals surface area (Å²) in [6.45, 7) is 8.60. The van der Waals surface area contributed by atoms with E-state index in [1.165, 1.54) is 10.9 Å². The third-order valence-corrected chi connectivity index (χ3v) is 6.09. The van der Waals surface area contributed by atoms with Crippen LogP contribution in [0.4, 0.5) is 10.2 Å². The molecule has 1 aliphatic heterocycles. The van der Waals surface area contributed by atoms with E-state index < -0.39 is 17.6 Å². The summed E-state index contributed by atoms with van der Waals surface area (Å²) in [7, 11) is 0. The molecule has 2 heterocycles. The van der Waals surface area contributed by atoms with Crippen LogP contribution in [0.1, 0.15) is 35.2 Å². The Labute approximate surface area is 180 Å². The van der Waals surface area contributed by atoms with E-state index in [2.05, 4.69) is 15.3 Å². The molecule has 4 rings (SSSR count). The number of amides is 2. The van der Waals surface area contributed by atoms with Crippen LogP contribution in [0.25, 0.3) is 4.85 Å². The molecule has 9 heteroatoms. The number of rotatable bonds is 7. The van der Waals surface area contributed by atoms with Crippen LogP contribution in [0, 0.1) is 12.5 Å². The average molecular weight is 424 g/mol. The highest BCUT2D eigenvalue weighted by Gasteiger charge is 2.49. The molecule has 1 aromatic carbocycles. The third-order valence-electron chi connectivity index (χ3n) is 6.09. The fourth-order valence-corrected chi connectivity index (χ4v) is 4.07. The van der Waals surface area contributed by atoms with Crippen LogP contribution < -0.4 is 11.1 Å². The lowest BCUT2D eigenvalue weighted by molar-refractivity contribution is -0.117. The molecular formula is C22H25FN6O2. The number of anilines is 1. The van der Waals surface area contributed by atoms with Gasteiger partial charge in [0.1, 0.15) is 11.7 Å². The zero-order chi connectivity index (χ0) is 22.0. The molecule has 1 aromatic heterocycles. The largest absolute Gasteiger partial charge is 0.365 e. The van der Waals surface area contributed by atoms with Crippen LogP contribution in [0.5, 0.6) is 0 Å². The fraction of sp³-hybridized carbons (Fsp3) is 0.455. The minimum atomic E-state index is -1.38. The number of halogens is 1. The Hall–Kier alpha value is -3.25. The molecule has 162 valence electrons. The highest BCUT2D eigenvalue weighted by molar-refractivity contribution is 6.02. The molecule has 1 aliphatic carbocycles. The van der Waals surface area contributed by atoms with Crippen LogP contribution in [-0.2, 0) is 16.9 Å². The topological polar surface area (TPSA) is 97.6 Å². The van der Waals surface area contributed by atoms with Crippen molar-refractivity contribution in [3.8, 4) is 0 Å². The number of piperidine rings is 1. The van der Waals surface area contributed by atoms with Crippen molar-refractivity contribution in [2.75, 3.05) is 25.0 Å². The number of nitrogens with two attached hydrogens (primary N) is 1. The predicted molar refractivity (Wildman–Crippen MR) is 113 cm³/mol. The minimum Gasteiger partial charge on any atom is -0.365 e. The number of benzene rings is 1. The van der Waals surface area contributed by atoms with Crippen molar-refractivity contribution in [1.29, 1.82) is 0 Å². The van der Waals surface area contributed by atoms with Crippen LogP contribution in [0.2, 0.25) is 0 Å². The summed E-state index contributed by atoms with van der Waals surface area (Å²) in [5.74, 6) is -1.03. The second-order valence-electron chi connectivity index (χ2n) is 8.32. The van der Waals surface area contributed by atoms with Gasteiger partial charge in [-0.25, -0.2) is 11.0 Å². The maximum atomic E-state index is 15.6. The number of carbonyl (C=O) groups excluding carboxylic acids is 2. The van der Waals surface area contributed by atoms with Gasteiger partial charge in [0, 0.05) is 31.7 Å². The molecule has 2 atom stereocenters. The molecule has 2 amide bonds. The van der Waals surface area contributed by atoms with E-state index in [0.717, 1.165) is 18.4 Å². The van der Waals surface area contributed by atoms with Gasteiger partial charge < -0.3 is 15.9 Å². The van der Waals surface area contributed by atoms with Crippen molar-refractivity contribution in [2.24, 2.45) is 11.7 Å². The lowest BCUT2D eigenvalue weighted by Gasteiger charge is -2.41. The SMILES string of the molecule is [C-]#[N+]C[C@]1(n2cc(C(N)=O)c(NC(=O)C3CC3)n2)CCN(Cc2ccccc2)C[C@H]1F. The van der Waals surface area contributed by atoms with Gasteiger partial charge in [-0.3, -0.25) is 19.2 Å². The summed E-state index contributed by atoms with van der Waals surface area (Å²) >= 11 is 0. The van der Waals surface area contributed by atoms with Crippen molar-refractivity contribution >= 4 is 17.6 Å². The van der Waals surface area contributed by atoms with Crippen molar-refractivity contribution in [1.82, 2.24) is 14.7 Å². The lowest BCUT2D eigenvalue weighted by atomic mass is 9.85. The van der Waals surface area contributed by atoms with E-state index in [4.69, 9.17) is 12.3 Å². The third kappa shape index (κ3) is 4.30. The van der Waals surface area contributed by atoms with Gasteiger partial charge in [0.05, 0.1) is 0 Å². The Bertz CT molecular complexity index is 1010. The number of primary amides is 1. The van der Waals surface area contributed by atoms with Gasteiger partial charge in [-0.15, -0.1) is 0 Å². The highest BCUT2D eigenvalue weighted by Crippen LogP contribution is 2.36. The van der Waals surface area contributed by atoms with Crippen molar-refractivity contribution in [3.63, 3.8) is 0 Å². The molecule has 31 heavy (non-hydrogen) atoms. The van der Waals surface area contributed by atoms with E-state index in [1.54, 1.807) is 0 Å². The Kier molecular flexibility index (Phi) is 5.74. The molecular weight excluding hydrogens is 399 g/mol. The minimum absolute atomic E-state index is 0.0253. The number of carbonyl (C=O) groups is 2. The summed E-state index contributed by atoms with van der Waals surface area (Å²) in [5, 5.41) is 6.98. The van der Waals surface area contributed by atoms with Gasteiger partial charge in [-0.2, -0.15) is 5.10 Å². The molecule has 3 N–H and O–H groups in total. The zero-order valence-corrected chi connectivity index (χ0v) is 17.1. The van der Waals surface area contributed by atoms with Crippen molar-refractivity contribution in [2.45, 2.75) is 37.5 Å². The van der Waals surface area contributed by atoms with E-state index in [1.807, 2.05) is 35.2 Å². The first-order chi connectivity index (χ1) is 14.9. The molecule has 2 aliphatic rings. The van der Waals surface area contributed by atoms with Crippen molar-refractivity contribution in [3.05, 3.63) is 59.1 Å². The van der Waals surface area contributed by atoms with E-state index >= 15 is 4.39 Å². The molecule has 2 fully saturated rings. The standard InChI is InChI=1S/C22H25FN6O2/c1-25-14-22(9-10-28(13-18(22)23)11-15-5-3-2-4-6-15)29-12-17(19(24)30)20(27-29)26-21(31)16-7-8-16/h2-6,12,16,18H,7-11,13-14H2,(H2,24,30)(H,26,27,31)/t18-,22-/m1/s1. The molecule has 0 unspecified atom stereocenters. The molecule has 0 radical (unpaired) electrons. The first-order valence-electron chi connectivity index (χ1n) is 10.4. The Morgan fingerprint density at radius 1 is 1.32 bits per heavy atom. The normalized spacial score (nSPS) is 23.8. The first-order valence-corrected chi connectivity index (χ1v) is 10.4. The fourth-order valence-electron chi connectivity index (χ4n) is 4.07. The molecule has 1 saturated heterocycles. The monoisotopic (exact) mass is 424 g/mol. The Morgan fingerprint density at radius 3 is 2.68 bits per heavy atom. The lowest BCUT2D eigenvalue weighted by Crippen LogP contribution is -2.56. The second-order valence-corrected chi connectivity index (χ2v) is 8.32. The van der Waals surface area contributed by atoms with Gasteiger partial charge in [0.15, 0.2) is 11.4 Å². The first kappa shape index (κ1) is 21.0. The van der Waals surface area contributed by atoms with Crippen LogP contribution in [0.15, 0.2) is 36.5 Å². The predicted octanol–water partition coefficient (Wildman–Crippen LogP) is 2.19. The van der Waals surface area contributed by atoms with Gasteiger partial charge >= 0.3 is 0 Å². The van der Waals surface area contributed by atoms with E-state index in [-0.39, 0.29) is 36.3 Å². The summed E-state index contributed by atoms with van der Waals surface area (Å²) in [6, 6.07) is 9.82. The maximum Gasteiger partial charge on any atom is 0.254 e. The average Bonchev–Trinajstić information content (AvgIpc) is 3.51. The summed E-state index contributed by atoms with van der Waals surface area (Å²) in [6.07, 6.45) is 1.93. The van der Waals surface area contributed by atoms with Crippen molar-refractivity contribution < 1.29 is 14.0 Å². The highest BCUT2D eigenvalue weighted by atomic mass is 19.1. The van der Waals surface area contributed by atoms with Crippen LogP contribution >= 0.6 is 0 Å². The number of nitrogens with zero attached hydrogens (tertiary/aromatic N) is 4. The molecule has 1 saturated carbocycles. The molecule has 0 spiro atoms. The zero-order valence-electron chi connectivity index (χ0n) is 17.1. The van der Waals surface area contributed by atoms with Gasteiger partial charge in [0.25, 0.3) is 5.91 Å². The second kappa shape index (κ2) is 8.47. The number of nitrogens with one attached hydrogen (secondary N) is 1. The van der Waals surface area contributed by atoms with Crippen LogP contribution in [0.3, 0.4) is 0 Å². The van der Waals surface area contributed by atoms with E-state index in [0.29, 0.717) is 19.5 Å². The Balaban J connectivity index is 1.58. The Morgan fingerprint density at radius 2 is 2.06 bits per heavy atom. The van der Waals surface area contributed by atoms with Gasteiger partial charge in [0.2, 0.25) is 12.5 Å². The number of alkyl halides is 1. The number of likely N-dealkylation sites (tertiary alicyclic amines) is 1. The summed E-state index contributed by atoms with van der Waals surface area (Å²) in [5.41, 5.74) is 5.37. The number of hydrogen-bond donors (Lipinski definition) is 2. The number of aromatic nitrogens is 2. The molecule has 0 bridgehead atoms. The van der Waals surface area contributed by atoms with E-state index in [9.17, 15) is 9.59 Å². The number of hydrogen-bond acceptors (Lipinski definition) is 4. The molecule has 8 nitrogen and oxygen atoms in total.